The third-order valence-corrected chi connectivity index (χ3v) is 2.63. The first-order valence-corrected chi connectivity index (χ1v) is 6.43. The quantitative estimate of drug-likeness (QED) is 0.599. The zero-order valence-corrected chi connectivity index (χ0v) is 11.6. The Morgan fingerprint density at radius 2 is 1.71 bits per heavy atom. The van der Waals surface area contributed by atoms with Crippen molar-refractivity contribution in [1.82, 2.24) is 4.90 Å². The predicted octanol–water partition coefficient (Wildman–Crippen LogP) is -0.400. The second-order valence-corrected chi connectivity index (χ2v) is 4.48. The van der Waals surface area contributed by atoms with E-state index in [0.717, 1.165) is 0 Å². The van der Waals surface area contributed by atoms with Gasteiger partial charge < -0.3 is 16.2 Å². The standard InChI is InChI=1S/C14H18N4O3/c15-8-11-2-4-12(5-3-11)21-7-1-6-18(9-13(16)19)10-14(17)20/h2-5H,1,6-7,9-10H2,(H2,16,19)(H2,17,20). The summed E-state index contributed by atoms with van der Waals surface area (Å²) < 4.78 is 5.50. The molecule has 0 aromatic heterocycles. The summed E-state index contributed by atoms with van der Waals surface area (Å²) in [7, 11) is 0. The van der Waals surface area contributed by atoms with Gasteiger partial charge in [0, 0.05) is 6.54 Å². The van der Waals surface area contributed by atoms with E-state index in [1.807, 2.05) is 6.07 Å². The zero-order valence-electron chi connectivity index (χ0n) is 11.6. The fraction of sp³-hybridized carbons (Fsp3) is 0.357. The lowest BCUT2D eigenvalue weighted by Crippen LogP contribution is -2.40. The molecule has 0 radical (unpaired) electrons. The average Bonchev–Trinajstić information content (AvgIpc) is 2.43. The van der Waals surface area contributed by atoms with E-state index in [-0.39, 0.29) is 13.1 Å². The molecule has 7 heteroatoms. The molecule has 1 rings (SSSR count). The first-order chi connectivity index (χ1) is 10.0. The summed E-state index contributed by atoms with van der Waals surface area (Å²) in [5.41, 5.74) is 10.8. The number of carbonyl (C=O) groups excluding carboxylic acids is 2. The second-order valence-electron chi connectivity index (χ2n) is 4.48. The zero-order chi connectivity index (χ0) is 15.7. The van der Waals surface area contributed by atoms with Crippen molar-refractivity contribution >= 4 is 11.8 Å². The van der Waals surface area contributed by atoms with Gasteiger partial charge in [-0.25, -0.2) is 0 Å². The van der Waals surface area contributed by atoms with Gasteiger partial charge in [-0.15, -0.1) is 0 Å². The van der Waals surface area contributed by atoms with E-state index >= 15 is 0 Å². The van der Waals surface area contributed by atoms with E-state index < -0.39 is 11.8 Å². The van der Waals surface area contributed by atoms with Gasteiger partial charge in [0.2, 0.25) is 11.8 Å². The Kier molecular flexibility index (Phi) is 6.71. The molecule has 2 amide bonds. The van der Waals surface area contributed by atoms with Gasteiger partial charge >= 0.3 is 0 Å². The number of hydrogen-bond acceptors (Lipinski definition) is 5. The molecule has 0 saturated heterocycles. The van der Waals surface area contributed by atoms with Gasteiger partial charge in [-0.05, 0) is 30.7 Å². The van der Waals surface area contributed by atoms with Gasteiger partial charge in [0.15, 0.2) is 0 Å². The van der Waals surface area contributed by atoms with Crippen molar-refractivity contribution < 1.29 is 14.3 Å². The summed E-state index contributed by atoms with van der Waals surface area (Å²) in [5, 5.41) is 8.68. The van der Waals surface area contributed by atoms with E-state index in [1.54, 1.807) is 29.2 Å². The number of primary amides is 2. The SMILES string of the molecule is N#Cc1ccc(OCCCN(CC(N)=O)CC(N)=O)cc1. The molecule has 0 bridgehead atoms. The highest BCUT2D eigenvalue weighted by Crippen LogP contribution is 2.11. The summed E-state index contributed by atoms with van der Waals surface area (Å²) in [6, 6.07) is 8.78. The summed E-state index contributed by atoms with van der Waals surface area (Å²) in [6.45, 7) is 0.863. The van der Waals surface area contributed by atoms with Crippen LogP contribution in [0.2, 0.25) is 0 Å². The largest absolute Gasteiger partial charge is 0.494 e. The molecule has 0 spiro atoms. The molecular weight excluding hydrogens is 272 g/mol. The second kappa shape index (κ2) is 8.55. The number of benzene rings is 1. The van der Waals surface area contributed by atoms with Gasteiger partial charge in [-0.2, -0.15) is 5.26 Å². The Bertz CT molecular complexity index is 506. The minimum Gasteiger partial charge on any atom is -0.494 e. The van der Waals surface area contributed by atoms with Crippen LogP contribution >= 0.6 is 0 Å². The predicted molar refractivity (Wildman–Crippen MR) is 76.1 cm³/mol. The highest BCUT2D eigenvalue weighted by Gasteiger charge is 2.10. The molecule has 1 aromatic carbocycles. The Hall–Kier alpha value is -2.59. The lowest BCUT2D eigenvalue weighted by atomic mass is 10.2. The fourth-order valence-electron chi connectivity index (χ4n) is 1.76. The van der Waals surface area contributed by atoms with Crippen LogP contribution < -0.4 is 16.2 Å². The van der Waals surface area contributed by atoms with E-state index in [4.69, 9.17) is 21.5 Å². The number of ether oxygens (including phenoxy) is 1. The molecule has 0 aliphatic rings. The highest BCUT2D eigenvalue weighted by atomic mass is 16.5. The average molecular weight is 290 g/mol. The third-order valence-electron chi connectivity index (χ3n) is 2.63. The maximum absolute atomic E-state index is 10.9. The van der Waals surface area contributed by atoms with Gasteiger partial charge in [-0.1, -0.05) is 0 Å². The van der Waals surface area contributed by atoms with Crippen molar-refractivity contribution in [2.24, 2.45) is 11.5 Å². The molecule has 4 N–H and O–H groups in total. The number of nitriles is 1. The topological polar surface area (TPSA) is 122 Å². The van der Waals surface area contributed by atoms with Gasteiger partial charge in [0.25, 0.3) is 0 Å². The van der Waals surface area contributed by atoms with E-state index in [1.165, 1.54) is 0 Å². The maximum Gasteiger partial charge on any atom is 0.231 e. The molecule has 1 aromatic rings. The number of hydrogen-bond donors (Lipinski definition) is 2. The minimum absolute atomic E-state index is 0.0141. The molecule has 0 atom stereocenters. The van der Waals surface area contributed by atoms with Crippen LogP contribution in [0.15, 0.2) is 24.3 Å². The molecule has 0 aliphatic heterocycles. The Morgan fingerprint density at radius 3 is 2.19 bits per heavy atom. The van der Waals surface area contributed by atoms with E-state index in [0.29, 0.717) is 30.9 Å². The molecule has 7 nitrogen and oxygen atoms in total. The number of nitrogens with zero attached hydrogens (tertiary/aromatic N) is 2. The van der Waals surface area contributed by atoms with Crippen LogP contribution in [-0.4, -0.2) is 43.0 Å². The Balaban J connectivity index is 2.34. The van der Waals surface area contributed by atoms with Crippen molar-refractivity contribution in [3.63, 3.8) is 0 Å². The first-order valence-electron chi connectivity index (χ1n) is 6.43. The molecule has 112 valence electrons. The van der Waals surface area contributed by atoms with Crippen LogP contribution in [0.3, 0.4) is 0 Å². The molecule has 0 fully saturated rings. The monoisotopic (exact) mass is 290 g/mol. The lowest BCUT2D eigenvalue weighted by molar-refractivity contribution is -0.121. The molecular formula is C14H18N4O3. The fourth-order valence-corrected chi connectivity index (χ4v) is 1.76. The smallest absolute Gasteiger partial charge is 0.231 e. The van der Waals surface area contributed by atoms with Crippen molar-refractivity contribution in [3.8, 4) is 11.8 Å². The normalized spacial score (nSPS) is 10.1. The Labute approximate surface area is 123 Å². The summed E-state index contributed by atoms with van der Waals surface area (Å²) in [6.07, 6.45) is 0.612. The van der Waals surface area contributed by atoms with Crippen LogP contribution in [0, 0.1) is 11.3 Å². The Morgan fingerprint density at radius 1 is 1.14 bits per heavy atom. The van der Waals surface area contributed by atoms with Crippen LogP contribution in [-0.2, 0) is 9.59 Å². The van der Waals surface area contributed by atoms with Crippen LogP contribution in [0.25, 0.3) is 0 Å². The molecule has 0 heterocycles. The van der Waals surface area contributed by atoms with Gasteiger partial charge in [0.05, 0.1) is 31.3 Å². The lowest BCUT2D eigenvalue weighted by Gasteiger charge is -2.18. The highest BCUT2D eigenvalue weighted by molar-refractivity contribution is 5.79. The van der Waals surface area contributed by atoms with Gasteiger partial charge in [-0.3, -0.25) is 14.5 Å². The maximum atomic E-state index is 10.9. The molecule has 0 unspecified atom stereocenters. The van der Waals surface area contributed by atoms with Crippen molar-refractivity contribution in [1.29, 1.82) is 5.26 Å². The number of carbonyl (C=O) groups is 2. The number of amides is 2. The van der Waals surface area contributed by atoms with Crippen molar-refractivity contribution in [2.45, 2.75) is 6.42 Å². The van der Waals surface area contributed by atoms with E-state index in [2.05, 4.69) is 0 Å². The third kappa shape index (κ3) is 6.94. The summed E-state index contributed by atoms with van der Waals surface area (Å²) in [5.74, 6) is -0.362. The van der Waals surface area contributed by atoms with Crippen LogP contribution in [0.4, 0.5) is 0 Å². The summed E-state index contributed by atoms with van der Waals surface area (Å²) >= 11 is 0. The van der Waals surface area contributed by atoms with Crippen LogP contribution in [0.1, 0.15) is 12.0 Å². The summed E-state index contributed by atoms with van der Waals surface area (Å²) in [4.78, 5) is 23.3. The molecule has 21 heavy (non-hydrogen) atoms. The van der Waals surface area contributed by atoms with E-state index in [9.17, 15) is 9.59 Å². The van der Waals surface area contributed by atoms with Gasteiger partial charge in [0.1, 0.15) is 5.75 Å². The van der Waals surface area contributed by atoms with Crippen molar-refractivity contribution in [2.75, 3.05) is 26.2 Å². The molecule has 0 aliphatic carbocycles. The van der Waals surface area contributed by atoms with Crippen molar-refractivity contribution in [3.05, 3.63) is 29.8 Å². The first kappa shape index (κ1) is 16.5. The molecule has 0 saturated carbocycles. The van der Waals surface area contributed by atoms with Crippen LogP contribution in [0.5, 0.6) is 5.75 Å². The number of rotatable bonds is 9. The number of nitrogens with two attached hydrogens (primary N) is 2. The minimum atomic E-state index is -0.510.